The topological polar surface area (TPSA) is 66.4 Å². The van der Waals surface area contributed by atoms with Gasteiger partial charge in [-0.2, -0.15) is 0 Å². The summed E-state index contributed by atoms with van der Waals surface area (Å²) in [5, 5.41) is 0. The minimum atomic E-state index is -0.485. The van der Waals surface area contributed by atoms with Crippen LogP contribution in [0.2, 0.25) is 0 Å². The number of carbonyl (C=O) groups is 1. The fourth-order valence-electron chi connectivity index (χ4n) is 3.54. The first kappa shape index (κ1) is 23.1. The molecule has 1 aliphatic rings. The van der Waals surface area contributed by atoms with Gasteiger partial charge in [0.05, 0.1) is 6.61 Å². The lowest BCUT2D eigenvalue weighted by Gasteiger charge is -2.14. The fourth-order valence-corrected chi connectivity index (χ4v) is 3.54. The largest absolute Gasteiger partial charge is 0.490 e. The standard InChI is InChI=1S/C28H27NO5/c1-4-31-26-18-21(17-23-28(30)34-27(29-23)22-8-6-5-7-9-22)11-13-25(26)33-15-14-32-24-12-10-19(2)16-20(24)3/h5-13,16-18H,4,14-15H2,1-3H3/b23-17+. The van der Waals surface area contributed by atoms with Crippen molar-refractivity contribution in [2.24, 2.45) is 4.99 Å². The van der Waals surface area contributed by atoms with E-state index >= 15 is 0 Å². The van der Waals surface area contributed by atoms with E-state index in [4.69, 9.17) is 18.9 Å². The molecule has 4 rings (SSSR count). The molecule has 0 spiro atoms. The summed E-state index contributed by atoms with van der Waals surface area (Å²) in [7, 11) is 0. The van der Waals surface area contributed by atoms with Crippen LogP contribution in [0.5, 0.6) is 17.2 Å². The van der Waals surface area contributed by atoms with E-state index in [1.807, 2.05) is 74.5 Å². The van der Waals surface area contributed by atoms with Crippen molar-refractivity contribution in [3.8, 4) is 17.2 Å². The average Bonchev–Trinajstić information content (AvgIpc) is 3.20. The summed E-state index contributed by atoms with van der Waals surface area (Å²) >= 11 is 0. The van der Waals surface area contributed by atoms with E-state index in [0.29, 0.717) is 37.2 Å². The molecule has 174 valence electrons. The number of aliphatic imine (C=N–C) groups is 1. The van der Waals surface area contributed by atoms with E-state index in [-0.39, 0.29) is 5.70 Å². The third-order valence-corrected chi connectivity index (χ3v) is 5.14. The second-order valence-corrected chi connectivity index (χ2v) is 7.81. The zero-order valence-corrected chi connectivity index (χ0v) is 19.5. The summed E-state index contributed by atoms with van der Waals surface area (Å²) in [5.74, 6) is 1.85. The van der Waals surface area contributed by atoms with E-state index in [2.05, 4.69) is 18.0 Å². The fraction of sp³-hybridized carbons (Fsp3) is 0.214. The number of rotatable bonds is 9. The van der Waals surface area contributed by atoms with Gasteiger partial charge in [-0.15, -0.1) is 0 Å². The van der Waals surface area contributed by atoms with Gasteiger partial charge in [-0.3, -0.25) is 0 Å². The molecule has 0 bridgehead atoms. The van der Waals surface area contributed by atoms with E-state index in [1.54, 1.807) is 6.08 Å². The van der Waals surface area contributed by atoms with Crippen molar-refractivity contribution in [2.75, 3.05) is 19.8 Å². The Morgan fingerprint density at radius 1 is 0.853 bits per heavy atom. The Kier molecular flexibility index (Phi) is 7.28. The van der Waals surface area contributed by atoms with Crippen molar-refractivity contribution < 1.29 is 23.7 Å². The zero-order valence-electron chi connectivity index (χ0n) is 19.5. The molecule has 6 nitrogen and oxygen atoms in total. The highest BCUT2D eigenvalue weighted by molar-refractivity contribution is 6.12. The normalized spacial score (nSPS) is 14.0. The maximum absolute atomic E-state index is 12.3. The molecule has 0 aliphatic carbocycles. The molecule has 3 aromatic carbocycles. The van der Waals surface area contributed by atoms with E-state index in [0.717, 1.165) is 22.4 Å². The van der Waals surface area contributed by atoms with Gasteiger partial charge in [0, 0.05) is 5.56 Å². The number of nitrogens with zero attached hydrogens (tertiary/aromatic N) is 1. The van der Waals surface area contributed by atoms with Gasteiger partial charge in [-0.1, -0.05) is 42.0 Å². The molecule has 1 aliphatic heterocycles. The quantitative estimate of drug-likeness (QED) is 0.241. The minimum Gasteiger partial charge on any atom is -0.490 e. The summed E-state index contributed by atoms with van der Waals surface area (Å²) in [6, 6.07) is 20.9. The van der Waals surface area contributed by atoms with E-state index in [9.17, 15) is 4.79 Å². The SMILES string of the molecule is CCOc1cc(/C=C2/N=C(c3ccccc3)OC2=O)ccc1OCCOc1ccc(C)cc1C. The van der Waals surface area contributed by atoms with Gasteiger partial charge in [0.2, 0.25) is 5.90 Å². The molecular weight excluding hydrogens is 430 g/mol. The van der Waals surface area contributed by atoms with Gasteiger partial charge in [0.25, 0.3) is 0 Å². The molecule has 0 N–H and O–H groups in total. The van der Waals surface area contributed by atoms with Crippen LogP contribution in [-0.4, -0.2) is 31.7 Å². The van der Waals surface area contributed by atoms with Crippen molar-refractivity contribution in [1.29, 1.82) is 0 Å². The molecule has 0 saturated heterocycles. The number of ether oxygens (including phenoxy) is 4. The molecule has 0 atom stereocenters. The summed E-state index contributed by atoms with van der Waals surface area (Å²) < 4.78 is 22.8. The van der Waals surface area contributed by atoms with Crippen LogP contribution < -0.4 is 14.2 Å². The van der Waals surface area contributed by atoms with Crippen molar-refractivity contribution in [1.82, 2.24) is 0 Å². The van der Waals surface area contributed by atoms with Crippen LogP contribution in [0.4, 0.5) is 0 Å². The summed E-state index contributed by atoms with van der Waals surface area (Å²) in [6.45, 7) is 7.24. The molecule has 0 amide bonds. The number of carbonyl (C=O) groups excluding carboxylic acids is 1. The van der Waals surface area contributed by atoms with Gasteiger partial charge in [0.1, 0.15) is 19.0 Å². The summed E-state index contributed by atoms with van der Waals surface area (Å²) in [6.07, 6.45) is 1.67. The molecule has 34 heavy (non-hydrogen) atoms. The third kappa shape index (κ3) is 5.64. The molecule has 0 unspecified atom stereocenters. The highest BCUT2D eigenvalue weighted by atomic mass is 16.6. The van der Waals surface area contributed by atoms with Crippen molar-refractivity contribution in [3.05, 3.63) is 94.7 Å². The maximum atomic E-state index is 12.3. The minimum absolute atomic E-state index is 0.233. The van der Waals surface area contributed by atoms with Gasteiger partial charge in [-0.25, -0.2) is 9.79 Å². The van der Waals surface area contributed by atoms with E-state index in [1.165, 1.54) is 5.56 Å². The Morgan fingerprint density at radius 2 is 1.59 bits per heavy atom. The second-order valence-electron chi connectivity index (χ2n) is 7.81. The Balaban J connectivity index is 1.44. The number of esters is 1. The van der Waals surface area contributed by atoms with Crippen molar-refractivity contribution in [2.45, 2.75) is 20.8 Å². The number of benzene rings is 3. The average molecular weight is 458 g/mol. The van der Waals surface area contributed by atoms with Gasteiger partial charge in [-0.05, 0) is 68.3 Å². The third-order valence-electron chi connectivity index (χ3n) is 5.14. The number of cyclic esters (lactones) is 1. The van der Waals surface area contributed by atoms with Crippen LogP contribution >= 0.6 is 0 Å². The number of aryl methyl sites for hydroxylation is 2. The molecule has 6 heteroatoms. The lowest BCUT2D eigenvalue weighted by atomic mass is 10.1. The van der Waals surface area contributed by atoms with Crippen LogP contribution in [0.15, 0.2) is 77.4 Å². The highest BCUT2D eigenvalue weighted by Crippen LogP contribution is 2.30. The second kappa shape index (κ2) is 10.7. The molecule has 3 aromatic rings. The highest BCUT2D eigenvalue weighted by Gasteiger charge is 2.24. The van der Waals surface area contributed by atoms with Gasteiger partial charge in [0.15, 0.2) is 17.2 Å². The lowest BCUT2D eigenvalue weighted by molar-refractivity contribution is -0.129. The Labute approximate surface area is 199 Å². The van der Waals surface area contributed by atoms with Crippen LogP contribution in [0.25, 0.3) is 6.08 Å². The Morgan fingerprint density at radius 3 is 2.32 bits per heavy atom. The zero-order chi connectivity index (χ0) is 23.9. The van der Waals surface area contributed by atoms with Crippen LogP contribution in [0, 0.1) is 13.8 Å². The first-order valence-electron chi connectivity index (χ1n) is 11.2. The maximum Gasteiger partial charge on any atom is 0.363 e. The summed E-state index contributed by atoms with van der Waals surface area (Å²) in [4.78, 5) is 16.7. The molecule has 0 radical (unpaired) electrons. The van der Waals surface area contributed by atoms with Crippen LogP contribution in [0.1, 0.15) is 29.2 Å². The van der Waals surface area contributed by atoms with Crippen LogP contribution in [-0.2, 0) is 9.53 Å². The monoisotopic (exact) mass is 457 g/mol. The predicted molar refractivity (Wildman–Crippen MR) is 132 cm³/mol. The molecule has 0 saturated carbocycles. The molecule has 0 aromatic heterocycles. The first-order chi connectivity index (χ1) is 16.5. The Hall–Kier alpha value is -4.06. The predicted octanol–water partition coefficient (Wildman–Crippen LogP) is 5.50. The Bertz CT molecular complexity index is 1230. The summed E-state index contributed by atoms with van der Waals surface area (Å²) in [5.41, 5.74) is 4.03. The van der Waals surface area contributed by atoms with Gasteiger partial charge >= 0.3 is 5.97 Å². The van der Waals surface area contributed by atoms with Gasteiger partial charge < -0.3 is 18.9 Å². The number of hydrogen-bond donors (Lipinski definition) is 0. The molecule has 0 fully saturated rings. The molecular formula is C28H27NO5. The molecule has 1 heterocycles. The smallest absolute Gasteiger partial charge is 0.363 e. The van der Waals surface area contributed by atoms with Crippen LogP contribution in [0.3, 0.4) is 0 Å². The number of hydrogen-bond acceptors (Lipinski definition) is 6. The first-order valence-corrected chi connectivity index (χ1v) is 11.2. The van der Waals surface area contributed by atoms with Crippen molar-refractivity contribution in [3.63, 3.8) is 0 Å². The van der Waals surface area contributed by atoms with E-state index < -0.39 is 5.97 Å². The lowest BCUT2D eigenvalue weighted by Crippen LogP contribution is -2.10. The van der Waals surface area contributed by atoms with Crippen molar-refractivity contribution >= 4 is 17.9 Å².